The summed E-state index contributed by atoms with van der Waals surface area (Å²) in [4.78, 5) is 13.8. The molecule has 4 nitrogen and oxygen atoms in total. The molecule has 0 unspecified atom stereocenters. The molecule has 4 aliphatic rings. The second-order valence-electron chi connectivity index (χ2n) is 10.5. The molecular formula is C27H33BrF3NO3. The van der Waals surface area contributed by atoms with Gasteiger partial charge in [-0.05, 0) is 30.5 Å². The number of carbonyl (C=O) groups excluding carboxylic acids is 1. The minimum Gasteiger partial charge on any atom is -1.00 e. The maximum absolute atomic E-state index is 13.8. The average Bonchev–Trinajstić information content (AvgIpc) is 3.15. The summed E-state index contributed by atoms with van der Waals surface area (Å²) in [6.45, 7) is 2.80. The number of nitrogens with zero attached hydrogens (tertiary/aromatic N) is 1. The highest BCUT2D eigenvalue weighted by atomic mass is 79.9. The molecule has 1 aromatic carbocycles. The summed E-state index contributed by atoms with van der Waals surface area (Å²) in [5.74, 6) is -0.393. The van der Waals surface area contributed by atoms with E-state index in [0.29, 0.717) is 29.3 Å². The second-order valence-corrected chi connectivity index (χ2v) is 10.5. The summed E-state index contributed by atoms with van der Waals surface area (Å²) in [5.41, 5.74) is 0.444. The highest BCUT2D eigenvalue weighted by Gasteiger charge is 2.51. The predicted octanol–water partition coefficient (Wildman–Crippen LogP) is 3.25. The van der Waals surface area contributed by atoms with Gasteiger partial charge < -0.3 is 30.6 Å². The van der Waals surface area contributed by atoms with Gasteiger partial charge in [-0.2, -0.15) is 13.2 Å². The number of benzene rings is 1. The van der Waals surface area contributed by atoms with Gasteiger partial charge in [0.05, 0.1) is 18.5 Å². The number of ether oxygens (including phenoxy) is 1. The maximum atomic E-state index is 13.8. The van der Waals surface area contributed by atoms with Crippen LogP contribution in [0.4, 0.5) is 13.2 Å². The Morgan fingerprint density at radius 1 is 1.00 bits per heavy atom. The van der Waals surface area contributed by atoms with E-state index < -0.39 is 17.4 Å². The molecule has 1 saturated carbocycles. The first-order valence-corrected chi connectivity index (χ1v) is 12.6. The predicted molar refractivity (Wildman–Crippen MR) is 121 cm³/mol. The first-order chi connectivity index (χ1) is 16.3. The van der Waals surface area contributed by atoms with Crippen molar-refractivity contribution in [2.45, 2.75) is 75.6 Å². The van der Waals surface area contributed by atoms with Crippen molar-refractivity contribution < 1.29 is 48.6 Å². The molecule has 1 aliphatic carbocycles. The topological polar surface area (TPSA) is 39.4 Å². The van der Waals surface area contributed by atoms with Crippen LogP contribution in [0, 0.1) is 5.92 Å². The Hall–Kier alpha value is -1.80. The van der Waals surface area contributed by atoms with E-state index in [-0.39, 0.29) is 29.1 Å². The summed E-state index contributed by atoms with van der Waals surface area (Å²) >= 11 is 0. The lowest BCUT2D eigenvalue weighted by molar-refractivity contribution is -0.959. The van der Waals surface area contributed by atoms with Crippen LogP contribution in [-0.4, -0.2) is 36.2 Å². The van der Waals surface area contributed by atoms with E-state index in [0.717, 1.165) is 76.1 Å². The number of esters is 1. The smallest absolute Gasteiger partial charge is 0.449 e. The van der Waals surface area contributed by atoms with Crippen LogP contribution in [0.3, 0.4) is 0 Å². The molecule has 0 N–H and O–H groups in total. The van der Waals surface area contributed by atoms with Gasteiger partial charge in [-0.15, -0.1) is 0 Å². The van der Waals surface area contributed by atoms with E-state index in [9.17, 15) is 18.0 Å². The Kier molecular flexibility index (Phi) is 7.72. The molecule has 4 fully saturated rings. The van der Waals surface area contributed by atoms with E-state index in [1.165, 1.54) is 6.07 Å². The summed E-state index contributed by atoms with van der Waals surface area (Å²) in [6.07, 6.45) is 3.07. The van der Waals surface area contributed by atoms with Crippen molar-refractivity contribution in [2.24, 2.45) is 5.92 Å². The van der Waals surface area contributed by atoms with Crippen LogP contribution in [-0.2, 0) is 27.7 Å². The molecule has 0 radical (unpaired) electrons. The van der Waals surface area contributed by atoms with Gasteiger partial charge in [-0.1, -0.05) is 56.0 Å². The van der Waals surface area contributed by atoms with Gasteiger partial charge in [0.15, 0.2) is 11.9 Å². The first kappa shape index (κ1) is 26.3. The Morgan fingerprint density at radius 2 is 1.66 bits per heavy atom. The second kappa shape index (κ2) is 10.3. The van der Waals surface area contributed by atoms with Crippen LogP contribution < -0.4 is 17.0 Å². The average molecular weight is 556 g/mol. The largest absolute Gasteiger partial charge is 1.00 e. The fraction of sp³-hybridized carbons (Fsp3) is 0.593. The molecule has 1 atom stereocenters. The van der Waals surface area contributed by atoms with E-state index in [1.54, 1.807) is 0 Å². The monoisotopic (exact) mass is 555 g/mol. The van der Waals surface area contributed by atoms with Crippen molar-refractivity contribution in [3.8, 4) is 0 Å². The molecule has 2 aromatic rings. The van der Waals surface area contributed by atoms with Crippen LogP contribution in [0.25, 0.3) is 0 Å². The molecule has 3 saturated heterocycles. The molecule has 4 heterocycles. The minimum atomic E-state index is -4.48. The van der Waals surface area contributed by atoms with Crippen molar-refractivity contribution in [1.29, 1.82) is 0 Å². The Labute approximate surface area is 215 Å². The standard InChI is InChI=1S/C27H33F3NO3.BrH/c28-27(29,30)24-11-10-22(33-24)18-31-16-12-20(13-17-31)23(19-31)34-25(32)26(14-6-1-2-7-15-26)21-8-4-3-5-9-21;/h3-5,8-11,20,23H,1-2,6-7,12-19H2;1H/q+1;/p-1/t20?,23-,31?;/m0./s1. The SMILES string of the molecule is O=C(O[C@H]1C[N+]2(Cc3ccc(C(F)(F)F)o3)CCC1CC2)C1(c2ccccc2)CCCCCC1.[Br-]. The van der Waals surface area contributed by atoms with Crippen LogP contribution in [0.1, 0.15) is 68.5 Å². The lowest BCUT2D eigenvalue weighted by atomic mass is 9.74. The molecule has 1 aromatic heterocycles. The number of quaternary nitrogens is 1. The normalized spacial score (nSPS) is 28.1. The summed E-state index contributed by atoms with van der Waals surface area (Å²) in [5, 5.41) is 0. The van der Waals surface area contributed by atoms with Crippen molar-refractivity contribution in [1.82, 2.24) is 0 Å². The fourth-order valence-electron chi connectivity index (χ4n) is 6.47. The van der Waals surface area contributed by atoms with Crippen LogP contribution >= 0.6 is 0 Å². The fourth-order valence-corrected chi connectivity index (χ4v) is 6.47. The van der Waals surface area contributed by atoms with E-state index in [1.807, 2.05) is 30.3 Å². The lowest BCUT2D eigenvalue weighted by Gasteiger charge is -2.52. The molecule has 35 heavy (non-hydrogen) atoms. The van der Waals surface area contributed by atoms with Crippen molar-refractivity contribution >= 4 is 5.97 Å². The molecule has 0 amide bonds. The highest BCUT2D eigenvalue weighted by molar-refractivity contribution is 5.83. The third kappa shape index (κ3) is 5.33. The van der Waals surface area contributed by atoms with Gasteiger partial charge >= 0.3 is 12.1 Å². The highest BCUT2D eigenvalue weighted by Crippen LogP contribution is 2.43. The van der Waals surface area contributed by atoms with Gasteiger partial charge in [0.2, 0.25) is 5.76 Å². The van der Waals surface area contributed by atoms with Gasteiger partial charge in [0, 0.05) is 18.8 Å². The number of alkyl halides is 3. The van der Waals surface area contributed by atoms with Gasteiger partial charge in [-0.3, -0.25) is 4.79 Å². The first-order valence-electron chi connectivity index (χ1n) is 12.6. The lowest BCUT2D eigenvalue weighted by Crippen LogP contribution is -3.00. The molecule has 3 aliphatic heterocycles. The van der Waals surface area contributed by atoms with E-state index >= 15 is 0 Å². The quantitative estimate of drug-likeness (QED) is 0.323. The molecular weight excluding hydrogens is 523 g/mol. The zero-order valence-corrected chi connectivity index (χ0v) is 21.5. The zero-order valence-electron chi connectivity index (χ0n) is 19.9. The number of rotatable bonds is 5. The Bertz CT molecular complexity index is 991. The Morgan fingerprint density at radius 3 is 2.26 bits per heavy atom. The molecule has 2 bridgehead atoms. The third-order valence-corrected chi connectivity index (χ3v) is 8.41. The molecule has 192 valence electrons. The number of carbonyl (C=O) groups is 1. The van der Waals surface area contributed by atoms with Gasteiger partial charge in [0.1, 0.15) is 13.1 Å². The number of hydrogen-bond donors (Lipinski definition) is 0. The molecule has 6 rings (SSSR count). The van der Waals surface area contributed by atoms with E-state index in [2.05, 4.69) is 0 Å². The number of furan rings is 1. The minimum absolute atomic E-state index is 0. The summed E-state index contributed by atoms with van der Waals surface area (Å²) in [6, 6.07) is 12.5. The van der Waals surface area contributed by atoms with Gasteiger partial charge in [0.25, 0.3) is 0 Å². The summed E-state index contributed by atoms with van der Waals surface area (Å²) in [7, 11) is 0. The number of fused-ring (bicyclic) bond motifs is 3. The number of piperidine rings is 3. The molecule has 8 heteroatoms. The number of hydrogen-bond acceptors (Lipinski definition) is 3. The molecule has 0 spiro atoms. The van der Waals surface area contributed by atoms with Crippen LogP contribution in [0.5, 0.6) is 0 Å². The van der Waals surface area contributed by atoms with E-state index in [4.69, 9.17) is 9.15 Å². The maximum Gasteiger partial charge on any atom is 0.449 e. The Balaban J connectivity index is 0.00000289. The van der Waals surface area contributed by atoms with Crippen molar-refractivity contribution in [3.63, 3.8) is 0 Å². The van der Waals surface area contributed by atoms with Crippen LogP contribution in [0.2, 0.25) is 0 Å². The zero-order chi connectivity index (χ0) is 23.8. The van der Waals surface area contributed by atoms with Crippen molar-refractivity contribution in [2.75, 3.05) is 19.6 Å². The third-order valence-electron chi connectivity index (χ3n) is 8.41. The summed E-state index contributed by atoms with van der Waals surface area (Å²) < 4.78 is 51.1. The van der Waals surface area contributed by atoms with Crippen LogP contribution in [0.15, 0.2) is 46.9 Å². The van der Waals surface area contributed by atoms with Gasteiger partial charge in [-0.25, -0.2) is 0 Å². The number of halogens is 4. The van der Waals surface area contributed by atoms with Crippen molar-refractivity contribution in [3.05, 3.63) is 59.5 Å².